The maximum atomic E-state index is 13.0. The maximum Gasteiger partial charge on any atom is 0.419 e. The van der Waals surface area contributed by atoms with Gasteiger partial charge >= 0.3 is 5.76 Å². The van der Waals surface area contributed by atoms with Crippen molar-refractivity contribution in [3.8, 4) is 0 Å². The van der Waals surface area contributed by atoms with Crippen molar-refractivity contribution in [1.29, 1.82) is 0 Å². The lowest BCUT2D eigenvalue weighted by molar-refractivity contribution is -0.131. The summed E-state index contributed by atoms with van der Waals surface area (Å²) in [5, 5.41) is 0.462. The lowest BCUT2D eigenvalue weighted by atomic mass is 10.2. The minimum Gasteiger partial charge on any atom is -0.408 e. The molecule has 0 N–H and O–H groups in total. The van der Waals surface area contributed by atoms with Gasteiger partial charge < -0.3 is 9.32 Å². The molecule has 2 heterocycles. The molecule has 4 rings (SSSR count). The first kappa shape index (κ1) is 22.6. The monoisotopic (exact) mass is 477 g/mol. The van der Waals surface area contributed by atoms with E-state index in [-0.39, 0.29) is 30.3 Å². The van der Waals surface area contributed by atoms with Gasteiger partial charge in [0.25, 0.3) is 0 Å². The molecule has 0 saturated carbocycles. The van der Waals surface area contributed by atoms with Gasteiger partial charge in [-0.25, -0.2) is 13.2 Å². The second-order valence-electron chi connectivity index (χ2n) is 7.83. The number of rotatable bonds is 5. The van der Waals surface area contributed by atoms with Crippen LogP contribution in [-0.2, 0) is 21.4 Å². The van der Waals surface area contributed by atoms with Crippen molar-refractivity contribution in [2.75, 3.05) is 26.2 Å². The molecule has 0 radical (unpaired) electrons. The summed E-state index contributed by atoms with van der Waals surface area (Å²) in [5.41, 5.74) is 1.95. The van der Waals surface area contributed by atoms with Gasteiger partial charge in [0.05, 0.1) is 10.4 Å². The van der Waals surface area contributed by atoms with Crippen LogP contribution in [0.1, 0.15) is 18.4 Å². The number of benzene rings is 2. The van der Waals surface area contributed by atoms with Crippen LogP contribution in [0.2, 0.25) is 5.02 Å². The lowest BCUT2D eigenvalue weighted by Gasteiger charge is -2.22. The molecule has 1 aliphatic rings. The van der Waals surface area contributed by atoms with Gasteiger partial charge in [-0.05, 0) is 37.6 Å². The Morgan fingerprint density at radius 3 is 2.56 bits per heavy atom. The molecular formula is C22H24ClN3O5S. The van der Waals surface area contributed by atoms with Gasteiger partial charge in [-0.1, -0.05) is 29.3 Å². The van der Waals surface area contributed by atoms with Crippen molar-refractivity contribution >= 4 is 38.6 Å². The number of hydrogen-bond acceptors (Lipinski definition) is 5. The van der Waals surface area contributed by atoms with Crippen LogP contribution in [0.25, 0.3) is 11.1 Å². The summed E-state index contributed by atoms with van der Waals surface area (Å²) in [7, 11) is -3.61. The molecule has 0 aliphatic carbocycles. The molecule has 0 unspecified atom stereocenters. The molecule has 3 aromatic rings. The molecule has 1 saturated heterocycles. The fraction of sp³-hybridized carbons (Fsp3) is 0.364. The summed E-state index contributed by atoms with van der Waals surface area (Å²) in [5.74, 6) is -0.670. The van der Waals surface area contributed by atoms with Crippen molar-refractivity contribution in [2.24, 2.45) is 0 Å². The molecule has 170 valence electrons. The second-order valence-corrected chi connectivity index (χ2v) is 10.2. The van der Waals surface area contributed by atoms with Crippen molar-refractivity contribution in [1.82, 2.24) is 13.8 Å². The summed E-state index contributed by atoms with van der Waals surface area (Å²) in [6, 6.07) is 11.7. The van der Waals surface area contributed by atoms with Crippen LogP contribution in [0.3, 0.4) is 0 Å². The lowest BCUT2D eigenvalue weighted by Crippen LogP contribution is -2.37. The van der Waals surface area contributed by atoms with Crippen molar-refractivity contribution < 1.29 is 17.6 Å². The molecule has 1 fully saturated rings. The summed E-state index contributed by atoms with van der Waals surface area (Å²) in [6.45, 7) is 3.44. The predicted molar refractivity (Wildman–Crippen MR) is 121 cm³/mol. The van der Waals surface area contributed by atoms with E-state index in [9.17, 15) is 18.0 Å². The van der Waals surface area contributed by atoms with E-state index in [0.717, 1.165) is 5.56 Å². The zero-order valence-electron chi connectivity index (χ0n) is 17.7. The molecule has 1 aliphatic heterocycles. The number of nitrogens with zero attached hydrogens (tertiary/aromatic N) is 3. The van der Waals surface area contributed by atoms with Crippen LogP contribution in [-0.4, -0.2) is 54.3 Å². The van der Waals surface area contributed by atoms with Crippen molar-refractivity contribution in [2.45, 2.75) is 31.2 Å². The Morgan fingerprint density at radius 2 is 1.81 bits per heavy atom. The van der Waals surface area contributed by atoms with E-state index in [4.69, 9.17) is 16.0 Å². The highest BCUT2D eigenvalue weighted by Gasteiger charge is 2.28. The average molecular weight is 478 g/mol. The summed E-state index contributed by atoms with van der Waals surface area (Å²) in [6.07, 6.45) is 0.659. The van der Waals surface area contributed by atoms with E-state index in [2.05, 4.69) is 0 Å². The molecule has 2 aromatic carbocycles. The van der Waals surface area contributed by atoms with Gasteiger partial charge in [0.15, 0.2) is 5.58 Å². The molecule has 0 spiro atoms. The Bertz CT molecular complexity index is 1300. The maximum absolute atomic E-state index is 13.0. The highest BCUT2D eigenvalue weighted by atomic mass is 35.5. The number of aromatic nitrogens is 1. The molecule has 0 bridgehead atoms. The first-order chi connectivity index (χ1) is 15.3. The first-order valence-corrected chi connectivity index (χ1v) is 12.2. The molecular weight excluding hydrogens is 454 g/mol. The zero-order chi connectivity index (χ0) is 22.9. The minimum absolute atomic E-state index is 0.113. The number of aryl methyl sites for hydroxylation is 2. The Hall–Kier alpha value is -2.62. The van der Waals surface area contributed by atoms with Crippen LogP contribution in [0, 0.1) is 6.92 Å². The minimum atomic E-state index is -3.61. The van der Waals surface area contributed by atoms with E-state index in [0.29, 0.717) is 42.2 Å². The van der Waals surface area contributed by atoms with Gasteiger partial charge in [0.2, 0.25) is 15.9 Å². The quantitative estimate of drug-likeness (QED) is 0.563. The highest BCUT2D eigenvalue weighted by Crippen LogP contribution is 2.20. The third-order valence-electron chi connectivity index (χ3n) is 5.65. The van der Waals surface area contributed by atoms with Gasteiger partial charge in [-0.2, -0.15) is 4.31 Å². The predicted octanol–water partition coefficient (Wildman–Crippen LogP) is 2.87. The fourth-order valence-corrected chi connectivity index (χ4v) is 5.49. The Labute approximate surface area is 191 Å². The number of sulfonamides is 1. The number of carbonyl (C=O) groups is 1. The normalized spacial score (nSPS) is 15.8. The number of fused-ring (bicyclic) bond motifs is 1. The van der Waals surface area contributed by atoms with Crippen molar-refractivity contribution in [3.05, 3.63) is 63.6 Å². The topological polar surface area (TPSA) is 92.8 Å². The molecule has 10 heteroatoms. The number of amides is 1. The molecule has 32 heavy (non-hydrogen) atoms. The van der Waals surface area contributed by atoms with Gasteiger partial charge in [0.1, 0.15) is 0 Å². The summed E-state index contributed by atoms with van der Waals surface area (Å²) < 4.78 is 34.0. The Balaban J connectivity index is 1.40. The van der Waals surface area contributed by atoms with E-state index in [1.165, 1.54) is 8.87 Å². The van der Waals surface area contributed by atoms with E-state index in [1.54, 1.807) is 47.4 Å². The molecule has 1 amide bonds. The molecule has 0 atom stereocenters. The number of oxazole rings is 1. The van der Waals surface area contributed by atoms with Gasteiger partial charge in [0, 0.05) is 50.2 Å². The van der Waals surface area contributed by atoms with Crippen LogP contribution in [0.5, 0.6) is 0 Å². The fourth-order valence-electron chi connectivity index (χ4n) is 3.86. The van der Waals surface area contributed by atoms with Crippen LogP contribution in [0.15, 0.2) is 56.6 Å². The number of carbonyl (C=O) groups excluding carboxylic acids is 1. The van der Waals surface area contributed by atoms with Crippen LogP contribution < -0.4 is 5.76 Å². The summed E-state index contributed by atoms with van der Waals surface area (Å²) >= 11 is 5.94. The Kier molecular flexibility index (Phi) is 6.41. The third-order valence-corrected chi connectivity index (χ3v) is 7.79. The highest BCUT2D eigenvalue weighted by molar-refractivity contribution is 7.89. The SMILES string of the molecule is Cc1ccc(S(=O)(=O)N2CCCN(C(=O)CCn3c(=O)oc4cc(Cl)ccc43)CC2)cc1. The van der Waals surface area contributed by atoms with E-state index < -0.39 is 15.8 Å². The molecule has 1 aromatic heterocycles. The number of hydrogen-bond donors (Lipinski definition) is 0. The average Bonchev–Trinajstić information content (AvgIpc) is 2.92. The standard InChI is InChI=1S/C22H24ClN3O5S/c1-16-3-6-18(7-4-16)32(29,30)25-11-2-10-24(13-14-25)21(27)9-12-26-19-8-5-17(23)15-20(19)31-22(26)28/h3-8,15H,2,9-14H2,1H3. The first-order valence-electron chi connectivity index (χ1n) is 10.4. The van der Waals surface area contributed by atoms with Gasteiger partial charge in [-0.3, -0.25) is 9.36 Å². The zero-order valence-corrected chi connectivity index (χ0v) is 19.2. The van der Waals surface area contributed by atoms with Crippen molar-refractivity contribution in [3.63, 3.8) is 0 Å². The van der Waals surface area contributed by atoms with Gasteiger partial charge in [-0.15, -0.1) is 0 Å². The number of halogens is 1. The largest absolute Gasteiger partial charge is 0.419 e. The molecule has 8 nitrogen and oxygen atoms in total. The van der Waals surface area contributed by atoms with Crippen LogP contribution >= 0.6 is 11.6 Å². The smallest absolute Gasteiger partial charge is 0.408 e. The van der Waals surface area contributed by atoms with E-state index in [1.807, 2.05) is 6.92 Å². The van der Waals surface area contributed by atoms with E-state index >= 15 is 0 Å². The third kappa shape index (κ3) is 4.60. The summed E-state index contributed by atoms with van der Waals surface area (Å²) in [4.78, 5) is 26.9. The van der Waals surface area contributed by atoms with Crippen LogP contribution in [0.4, 0.5) is 0 Å². The second kappa shape index (κ2) is 9.09. The Morgan fingerprint density at radius 1 is 1.06 bits per heavy atom.